The van der Waals surface area contributed by atoms with Gasteiger partial charge >= 0.3 is 0 Å². The molecule has 0 saturated heterocycles. The number of rotatable bonds is 2. The van der Waals surface area contributed by atoms with Crippen molar-refractivity contribution in [3.8, 4) is 0 Å². The van der Waals surface area contributed by atoms with Crippen molar-refractivity contribution in [1.29, 1.82) is 0 Å². The van der Waals surface area contributed by atoms with Gasteiger partial charge in [-0.25, -0.2) is 0 Å². The Labute approximate surface area is 114 Å². The maximum absolute atomic E-state index is 5.25. The highest BCUT2D eigenvalue weighted by Crippen LogP contribution is 2.22. The molecule has 4 nitrogen and oxygen atoms in total. The zero-order valence-corrected chi connectivity index (χ0v) is 11.3. The van der Waals surface area contributed by atoms with Crippen LogP contribution < -0.4 is 11.5 Å². The maximum Gasteiger partial charge on any atom is 0.211 e. The molecule has 1 aliphatic carbocycles. The Kier molecular flexibility index (Phi) is 5.16. The fourth-order valence-electron chi connectivity index (χ4n) is 2.15. The molecule has 0 saturated carbocycles. The predicted molar refractivity (Wildman–Crippen MR) is 78.4 cm³/mol. The van der Waals surface area contributed by atoms with Gasteiger partial charge in [0, 0.05) is 0 Å². The molecule has 0 aromatic heterocycles. The summed E-state index contributed by atoms with van der Waals surface area (Å²) in [6.07, 6.45) is 4.94. The van der Waals surface area contributed by atoms with E-state index in [-0.39, 0.29) is 18.4 Å². The molecule has 0 fully saturated rings. The molecule has 0 bridgehead atoms. The molecule has 1 aliphatic rings. The first-order valence-electron chi connectivity index (χ1n) is 5.92. The van der Waals surface area contributed by atoms with Gasteiger partial charge in [-0.05, 0) is 55.4 Å². The van der Waals surface area contributed by atoms with E-state index in [1.807, 2.05) is 6.92 Å². The molecule has 0 aliphatic heterocycles. The summed E-state index contributed by atoms with van der Waals surface area (Å²) in [6, 6.07) is 6.49. The van der Waals surface area contributed by atoms with Crippen LogP contribution in [0.15, 0.2) is 28.4 Å². The first-order chi connectivity index (χ1) is 8.16. The fraction of sp³-hybridized carbons (Fsp3) is 0.385. The normalized spacial score (nSPS) is 14.4. The largest absolute Gasteiger partial charge is 0.369 e. The Bertz CT molecular complexity index is 476. The van der Waals surface area contributed by atoms with Crippen LogP contribution in [0.2, 0.25) is 0 Å². The molecule has 0 spiro atoms. The summed E-state index contributed by atoms with van der Waals surface area (Å²) in [5.41, 5.74) is 15.3. The number of halogens is 1. The van der Waals surface area contributed by atoms with Gasteiger partial charge in [-0.15, -0.1) is 17.5 Å². The quantitative estimate of drug-likeness (QED) is 0.488. The second-order valence-electron chi connectivity index (χ2n) is 4.40. The smallest absolute Gasteiger partial charge is 0.211 e. The standard InChI is InChI=1S/C13H18N4.ClH/c1-9(16-17-13(14)15)11-7-6-10-4-2-3-5-12(10)8-11;/h6-8H,2-5H2,1H3,(H4,14,15,17);1H. The van der Waals surface area contributed by atoms with Crippen LogP contribution in [0, 0.1) is 0 Å². The molecule has 0 radical (unpaired) electrons. The van der Waals surface area contributed by atoms with Crippen LogP contribution in [0.25, 0.3) is 0 Å². The van der Waals surface area contributed by atoms with Gasteiger partial charge < -0.3 is 11.5 Å². The number of aryl methyl sites for hydroxylation is 2. The Morgan fingerprint density at radius 1 is 1.06 bits per heavy atom. The molecule has 4 N–H and O–H groups in total. The topological polar surface area (TPSA) is 76.8 Å². The third-order valence-electron chi connectivity index (χ3n) is 3.08. The van der Waals surface area contributed by atoms with Gasteiger partial charge in [0.05, 0.1) is 5.71 Å². The van der Waals surface area contributed by atoms with Gasteiger partial charge in [-0.2, -0.15) is 5.10 Å². The van der Waals surface area contributed by atoms with Crippen molar-refractivity contribution in [3.63, 3.8) is 0 Å². The number of nitrogens with zero attached hydrogens (tertiary/aromatic N) is 2. The van der Waals surface area contributed by atoms with E-state index in [1.54, 1.807) is 0 Å². The van der Waals surface area contributed by atoms with Crippen molar-refractivity contribution >= 4 is 24.1 Å². The van der Waals surface area contributed by atoms with Crippen LogP contribution in [0.4, 0.5) is 0 Å². The number of guanidine groups is 1. The second kappa shape index (κ2) is 6.40. The summed E-state index contributed by atoms with van der Waals surface area (Å²) in [5.74, 6) is -0.0117. The molecule has 0 unspecified atom stereocenters. The summed E-state index contributed by atoms with van der Waals surface area (Å²) in [6.45, 7) is 1.91. The van der Waals surface area contributed by atoms with E-state index in [9.17, 15) is 0 Å². The zero-order chi connectivity index (χ0) is 12.3. The highest BCUT2D eigenvalue weighted by molar-refractivity contribution is 5.99. The van der Waals surface area contributed by atoms with Crippen molar-refractivity contribution in [1.82, 2.24) is 0 Å². The number of hydrogen-bond acceptors (Lipinski definition) is 2. The highest BCUT2D eigenvalue weighted by atomic mass is 35.5. The molecule has 5 heteroatoms. The Morgan fingerprint density at radius 3 is 2.39 bits per heavy atom. The van der Waals surface area contributed by atoms with E-state index in [1.165, 1.54) is 36.8 Å². The number of nitrogens with two attached hydrogens (primary N) is 2. The van der Waals surface area contributed by atoms with Crippen molar-refractivity contribution in [3.05, 3.63) is 34.9 Å². The lowest BCUT2D eigenvalue weighted by molar-refractivity contribution is 0.685. The summed E-state index contributed by atoms with van der Waals surface area (Å²) in [7, 11) is 0. The second-order valence-corrected chi connectivity index (χ2v) is 4.40. The minimum atomic E-state index is -0.0117. The summed E-state index contributed by atoms with van der Waals surface area (Å²) >= 11 is 0. The zero-order valence-electron chi connectivity index (χ0n) is 10.5. The lowest BCUT2D eigenvalue weighted by Crippen LogP contribution is -2.22. The van der Waals surface area contributed by atoms with Gasteiger partial charge in [0.1, 0.15) is 0 Å². The van der Waals surface area contributed by atoms with Crippen molar-refractivity contribution in [2.45, 2.75) is 32.6 Å². The van der Waals surface area contributed by atoms with Crippen LogP contribution in [0.1, 0.15) is 36.5 Å². The lowest BCUT2D eigenvalue weighted by Gasteiger charge is -2.16. The Morgan fingerprint density at radius 2 is 1.72 bits per heavy atom. The van der Waals surface area contributed by atoms with Crippen LogP contribution in [-0.2, 0) is 12.8 Å². The van der Waals surface area contributed by atoms with Crippen molar-refractivity contribution in [2.75, 3.05) is 0 Å². The summed E-state index contributed by atoms with van der Waals surface area (Å²) < 4.78 is 0. The van der Waals surface area contributed by atoms with Gasteiger partial charge in [0.2, 0.25) is 5.96 Å². The molecular weight excluding hydrogens is 248 g/mol. The molecule has 98 valence electrons. The first-order valence-corrected chi connectivity index (χ1v) is 5.92. The summed E-state index contributed by atoms with van der Waals surface area (Å²) in [5, 5.41) is 7.67. The average Bonchev–Trinajstić information content (AvgIpc) is 2.35. The Hall–Kier alpha value is -1.55. The minimum Gasteiger partial charge on any atom is -0.369 e. The van der Waals surface area contributed by atoms with E-state index < -0.39 is 0 Å². The SMILES string of the molecule is CC(=NN=C(N)N)c1ccc2c(c1)CCCC2.Cl. The molecule has 0 atom stereocenters. The third kappa shape index (κ3) is 3.47. The molecule has 0 amide bonds. The highest BCUT2D eigenvalue weighted by Gasteiger charge is 2.10. The predicted octanol–water partition coefficient (Wildman–Crippen LogP) is 1.98. The van der Waals surface area contributed by atoms with Gasteiger partial charge in [0.25, 0.3) is 0 Å². The van der Waals surface area contributed by atoms with Crippen LogP contribution >= 0.6 is 12.4 Å². The van der Waals surface area contributed by atoms with E-state index >= 15 is 0 Å². The molecule has 1 aromatic rings. The van der Waals surface area contributed by atoms with E-state index in [0.29, 0.717) is 0 Å². The van der Waals surface area contributed by atoms with E-state index in [4.69, 9.17) is 11.5 Å². The minimum absolute atomic E-state index is 0. The lowest BCUT2D eigenvalue weighted by atomic mass is 9.90. The van der Waals surface area contributed by atoms with Crippen LogP contribution in [0.5, 0.6) is 0 Å². The van der Waals surface area contributed by atoms with Crippen LogP contribution in [0.3, 0.4) is 0 Å². The number of hydrogen-bond donors (Lipinski definition) is 2. The Balaban J connectivity index is 0.00000162. The monoisotopic (exact) mass is 266 g/mol. The molecular formula is C13H19ClN4. The van der Waals surface area contributed by atoms with Crippen molar-refractivity contribution in [2.24, 2.45) is 21.7 Å². The fourth-order valence-corrected chi connectivity index (χ4v) is 2.15. The number of benzene rings is 1. The molecule has 2 rings (SSSR count). The van der Waals surface area contributed by atoms with E-state index in [2.05, 4.69) is 28.4 Å². The third-order valence-corrected chi connectivity index (χ3v) is 3.08. The van der Waals surface area contributed by atoms with Gasteiger partial charge in [-0.1, -0.05) is 12.1 Å². The molecule has 18 heavy (non-hydrogen) atoms. The first kappa shape index (κ1) is 14.5. The van der Waals surface area contributed by atoms with Gasteiger partial charge in [-0.3, -0.25) is 0 Å². The summed E-state index contributed by atoms with van der Waals surface area (Å²) in [4.78, 5) is 0. The molecule has 0 heterocycles. The van der Waals surface area contributed by atoms with Crippen molar-refractivity contribution < 1.29 is 0 Å². The van der Waals surface area contributed by atoms with Crippen LogP contribution in [-0.4, -0.2) is 11.7 Å². The number of fused-ring (bicyclic) bond motifs is 1. The maximum atomic E-state index is 5.25. The molecule has 1 aromatic carbocycles. The average molecular weight is 267 g/mol. The van der Waals surface area contributed by atoms with E-state index in [0.717, 1.165) is 11.3 Å². The van der Waals surface area contributed by atoms with Gasteiger partial charge in [0.15, 0.2) is 0 Å².